The van der Waals surface area contributed by atoms with Crippen molar-refractivity contribution in [2.45, 2.75) is 18.9 Å². The fourth-order valence-corrected chi connectivity index (χ4v) is 2.63. The van der Waals surface area contributed by atoms with Crippen LogP contribution in [0.3, 0.4) is 0 Å². The fourth-order valence-electron chi connectivity index (χ4n) is 2.18. The molecule has 24 heavy (non-hydrogen) atoms. The van der Waals surface area contributed by atoms with E-state index in [4.69, 9.17) is 23.2 Å². The molecule has 0 aliphatic heterocycles. The van der Waals surface area contributed by atoms with E-state index in [1.54, 1.807) is 18.2 Å². The molecule has 0 heterocycles. The third-order valence-electron chi connectivity index (χ3n) is 3.57. The summed E-state index contributed by atoms with van der Waals surface area (Å²) in [6.07, 6.45) is 1.99. The molecule has 1 amide bonds. The van der Waals surface area contributed by atoms with Gasteiger partial charge in [0.25, 0.3) is 11.6 Å². The minimum atomic E-state index is -0.503. The van der Waals surface area contributed by atoms with Crippen molar-refractivity contribution in [2.75, 3.05) is 10.6 Å². The Kier molecular flexibility index (Phi) is 4.59. The van der Waals surface area contributed by atoms with Crippen molar-refractivity contribution in [2.24, 2.45) is 0 Å². The van der Waals surface area contributed by atoms with E-state index >= 15 is 0 Å². The van der Waals surface area contributed by atoms with Gasteiger partial charge < -0.3 is 10.6 Å². The molecule has 2 N–H and O–H groups in total. The molecule has 0 spiro atoms. The van der Waals surface area contributed by atoms with Crippen molar-refractivity contribution >= 4 is 46.2 Å². The number of benzene rings is 2. The molecule has 0 saturated heterocycles. The predicted molar refractivity (Wildman–Crippen MR) is 94.2 cm³/mol. The summed E-state index contributed by atoms with van der Waals surface area (Å²) in [5, 5.41) is 17.7. The summed E-state index contributed by atoms with van der Waals surface area (Å²) in [4.78, 5) is 23.1. The van der Waals surface area contributed by atoms with Crippen LogP contribution >= 0.6 is 23.2 Å². The van der Waals surface area contributed by atoms with E-state index in [1.165, 1.54) is 18.2 Å². The molecule has 0 unspecified atom stereocenters. The summed E-state index contributed by atoms with van der Waals surface area (Å²) in [6.45, 7) is 0. The lowest BCUT2D eigenvalue weighted by atomic mass is 10.1. The van der Waals surface area contributed by atoms with Crippen molar-refractivity contribution in [1.29, 1.82) is 0 Å². The summed E-state index contributed by atoms with van der Waals surface area (Å²) in [7, 11) is 0. The normalized spacial score (nSPS) is 13.4. The maximum atomic E-state index is 12.3. The molecule has 1 aliphatic rings. The van der Waals surface area contributed by atoms with Crippen LogP contribution in [0.4, 0.5) is 17.1 Å². The van der Waals surface area contributed by atoms with Gasteiger partial charge in [0, 0.05) is 22.7 Å². The molecule has 124 valence electrons. The maximum Gasteiger partial charge on any atom is 0.293 e. The predicted octanol–water partition coefficient (Wildman–Crippen LogP) is 4.73. The SMILES string of the molecule is O=C(Nc1ccc(Cl)cc1Cl)c1ccc(NC2CC2)c([N+](=O)[O-])c1. The molecule has 0 aromatic heterocycles. The highest BCUT2D eigenvalue weighted by molar-refractivity contribution is 6.36. The second-order valence-corrected chi connectivity index (χ2v) is 6.33. The first-order valence-electron chi connectivity index (χ1n) is 7.25. The molecular formula is C16H13Cl2N3O3. The number of hydrogen-bond acceptors (Lipinski definition) is 4. The van der Waals surface area contributed by atoms with Gasteiger partial charge in [-0.1, -0.05) is 23.2 Å². The number of carbonyl (C=O) groups excluding carboxylic acids is 1. The van der Waals surface area contributed by atoms with Gasteiger partial charge in [0.05, 0.1) is 15.6 Å². The first kappa shape index (κ1) is 16.5. The topological polar surface area (TPSA) is 84.3 Å². The smallest absolute Gasteiger partial charge is 0.293 e. The average Bonchev–Trinajstić information content (AvgIpc) is 3.34. The van der Waals surface area contributed by atoms with Gasteiger partial charge in [-0.25, -0.2) is 0 Å². The lowest BCUT2D eigenvalue weighted by Crippen LogP contribution is -2.13. The van der Waals surface area contributed by atoms with Crippen LogP contribution in [0.1, 0.15) is 23.2 Å². The minimum absolute atomic E-state index is 0.128. The van der Waals surface area contributed by atoms with Gasteiger partial charge in [0.2, 0.25) is 0 Å². The van der Waals surface area contributed by atoms with Gasteiger partial charge >= 0.3 is 0 Å². The molecular weight excluding hydrogens is 353 g/mol. The molecule has 1 aliphatic carbocycles. The Bertz CT molecular complexity index is 822. The van der Waals surface area contributed by atoms with Gasteiger partial charge in [-0.15, -0.1) is 0 Å². The van der Waals surface area contributed by atoms with E-state index in [0.29, 0.717) is 16.4 Å². The monoisotopic (exact) mass is 365 g/mol. The molecule has 0 bridgehead atoms. The number of hydrogen-bond donors (Lipinski definition) is 2. The molecule has 1 saturated carbocycles. The second kappa shape index (κ2) is 6.67. The lowest BCUT2D eigenvalue weighted by Gasteiger charge is -2.09. The number of amides is 1. The van der Waals surface area contributed by atoms with Crippen molar-refractivity contribution < 1.29 is 9.72 Å². The van der Waals surface area contributed by atoms with Crippen LogP contribution in [0.5, 0.6) is 0 Å². The molecule has 8 heteroatoms. The average molecular weight is 366 g/mol. The fraction of sp³-hybridized carbons (Fsp3) is 0.188. The van der Waals surface area contributed by atoms with Crippen molar-refractivity contribution in [3.8, 4) is 0 Å². The number of nitro benzene ring substituents is 1. The number of carbonyl (C=O) groups is 1. The van der Waals surface area contributed by atoms with Crippen LogP contribution in [-0.2, 0) is 0 Å². The van der Waals surface area contributed by atoms with Gasteiger partial charge in [-0.05, 0) is 43.2 Å². The van der Waals surface area contributed by atoms with Crippen molar-refractivity contribution in [1.82, 2.24) is 0 Å². The van der Waals surface area contributed by atoms with Crippen LogP contribution in [0.15, 0.2) is 36.4 Å². The summed E-state index contributed by atoms with van der Waals surface area (Å²) in [6, 6.07) is 9.28. The molecule has 1 fully saturated rings. The van der Waals surface area contributed by atoms with Crippen LogP contribution in [-0.4, -0.2) is 16.9 Å². The van der Waals surface area contributed by atoms with Gasteiger partial charge in [-0.2, -0.15) is 0 Å². The maximum absolute atomic E-state index is 12.3. The number of halogens is 2. The number of nitro groups is 1. The summed E-state index contributed by atoms with van der Waals surface area (Å²) >= 11 is 11.8. The van der Waals surface area contributed by atoms with E-state index in [1.807, 2.05) is 0 Å². The lowest BCUT2D eigenvalue weighted by molar-refractivity contribution is -0.384. The Morgan fingerprint density at radius 3 is 2.46 bits per heavy atom. The van der Waals surface area contributed by atoms with E-state index in [9.17, 15) is 14.9 Å². The van der Waals surface area contributed by atoms with Crippen molar-refractivity contribution in [3.05, 3.63) is 62.1 Å². The van der Waals surface area contributed by atoms with Crippen LogP contribution in [0, 0.1) is 10.1 Å². The number of anilines is 2. The Morgan fingerprint density at radius 1 is 1.12 bits per heavy atom. The van der Waals surface area contributed by atoms with Crippen LogP contribution in [0.2, 0.25) is 10.0 Å². The Labute approximate surface area is 147 Å². The second-order valence-electron chi connectivity index (χ2n) is 5.49. The Balaban J connectivity index is 1.83. The summed E-state index contributed by atoms with van der Waals surface area (Å²) < 4.78 is 0. The Hall–Kier alpha value is -2.31. The number of nitrogens with zero attached hydrogens (tertiary/aromatic N) is 1. The van der Waals surface area contributed by atoms with Crippen molar-refractivity contribution in [3.63, 3.8) is 0 Å². The standard InChI is InChI=1S/C16H13Cl2N3O3/c17-10-2-6-13(12(18)8-10)20-16(22)9-1-5-14(19-11-3-4-11)15(7-9)21(23)24/h1-2,5-8,11,19H,3-4H2,(H,20,22). The minimum Gasteiger partial charge on any atom is -0.377 e. The molecule has 2 aromatic rings. The Morgan fingerprint density at radius 2 is 1.83 bits per heavy atom. The van der Waals surface area contributed by atoms with Gasteiger partial charge in [0.1, 0.15) is 5.69 Å². The zero-order chi connectivity index (χ0) is 17.3. The van der Waals surface area contributed by atoms with Gasteiger partial charge in [-0.3, -0.25) is 14.9 Å². The van der Waals surface area contributed by atoms with Crippen LogP contribution in [0.25, 0.3) is 0 Å². The zero-order valence-corrected chi connectivity index (χ0v) is 13.9. The quantitative estimate of drug-likeness (QED) is 0.592. The first-order chi connectivity index (χ1) is 11.4. The molecule has 0 radical (unpaired) electrons. The molecule has 2 aromatic carbocycles. The van der Waals surface area contributed by atoms with E-state index in [-0.39, 0.29) is 22.3 Å². The number of rotatable bonds is 5. The third-order valence-corrected chi connectivity index (χ3v) is 4.12. The summed E-state index contributed by atoms with van der Waals surface area (Å²) in [5.74, 6) is -0.486. The highest BCUT2D eigenvalue weighted by atomic mass is 35.5. The van der Waals surface area contributed by atoms with E-state index < -0.39 is 10.8 Å². The molecule has 6 nitrogen and oxygen atoms in total. The number of nitrogens with one attached hydrogen (secondary N) is 2. The molecule has 0 atom stereocenters. The van der Waals surface area contributed by atoms with Crippen LogP contribution < -0.4 is 10.6 Å². The largest absolute Gasteiger partial charge is 0.377 e. The van der Waals surface area contributed by atoms with Gasteiger partial charge in [0.15, 0.2) is 0 Å². The van der Waals surface area contributed by atoms with E-state index in [2.05, 4.69) is 10.6 Å². The molecule has 3 rings (SSSR count). The van der Waals surface area contributed by atoms with E-state index in [0.717, 1.165) is 12.8 Å². The highest BCUT2D eigenvalue weighted by Gasteiger charge is 2.25. The first-order valence-corrected chi connectivity index (χ1v) is 8.01. The summed E-state index contributed by atoms with van der Waals surface area (Å²) in [5.41, 5.74) is 0.850. The zero-order valence-electron chi connectivity index (χ0n) is 12.4. The highest BCUT2D eigenvalue weighted by Crippen LogP contribution is 2.32. The third kappa shape index (κ3) is 3.77.